The molecule has 12 heteroatoms. The topological polar surface area (TPSA) is 132 Å². The minimum Gasteiger partial charge on any atom is -0.497 e. The van der Waals surface area contributed by atoms with Crippen LogP contribution in [-0.2, 0) is 16.1 Å². The molecule has 12 nitrogen and oxygen atoms in total. The number of nitrogens with one attached hydrogen (secondary N) is 2. The highest BCUT2D eigenvalue weighted by molar-refractivity contribution is 5.98. The predicted octanol–water partition coefficient (Wildman–Crippen LogP) is 3.51. The van der Waals surface area contributed by atoms with E-state index in [4.69, 9.17) is 29.3 Å². The highest BCUT2D eigenvalue weighted by Crippen LogP contribution is 2.31. The van der Waals surface area contributed by atoms with Gasteiger partial charge in [-0.2, -0.15) is 4.52 Å². The van der Waals surface area contributed by atoms with Gasteiger partial charge in [0.2, 0.25) is 11.9 Å². The Morgan fingerprint density at radius 3 is 2.57 bits per heavy atom. The van der Waals surface area contributed by atoms with Crippen LogP contribution in [0, 0.1) is 0 Å². The van der Waals surface area contributed by atoms with Crippen molar-refractivity contribution in [2.75, 3.05) is 39.2 Å². The van der Waals surface area contributed by atoms with Crippen LogP contribution < -0.4 is 20.1 Å². The number of amides is 2. The summed E-state index contributed by atoms with van der Waals surface area (Å²) in [6.07, 6.45) is -0.508. The molecule has 5 aromatic rings. The minimum atomic E-state index is -0.829. The first-order valence-corrected chi connectivity index (χ1v) is 13.4. The molecule has 2 amide bonds. The van der Waals surface area contributed by atoms with Gasteiger partial charge in [-0.3, -0.25) is 4.79 Å². The molecule has 0 saturated carbocycles. The number of rotatable bonds is 7. The van der Waals surface area contributed by atoms with E-state index in [1.54, 1.807) is 18.7 Å². The predicted molar refractivity (Wildman–Crippen MR) is 155 cm³/mol. The van der Waals surface area contributed by atoms with E-state index >= 15 is 0 Å². The van der Waals surface area contributed by atoms with E-state index in [1.807, 2.05) is 72.8 Å². The molecular weight excluding hydrogens is 538 g/mol. The third kappa shape index (κ3) is 5.33. The third-order valence-corrected chi connectivity index (χ3v) is 7.00. The van der Waals surface area contributed by atoms with Gasteiger partial charge in [0.05, 0.1) is 31.7 Å². The van der Waals surface area contributed by atoms with E-state index in [0.29, 0.717) is 47.0 Å². The maximum Gasteiger partial charge on any atom is 0.410 e. The van der Waals surface area contributed by atoms with Gasteiger partial charge in [0.25, 0.3) is 0 Å². The van der Waals surface area contributed by atoms with Crippen molar-refractivity contribution >= 4 is 34.5 Å². The monoisotopic (exact) mass is 567 g/mol. The fourth-order valence-corrected chi connectivity index (χ4v) is 4.82. The van der Waals surface area contributed by atoms with Gasteiger partial charge in [0.15, 0.2) is 11.5 Å². The number of hydrogen-bond acceptors (Lipinski definition) is 9. The van der Waals surface area contributed by atoms with Crippen LogP contribution in [0.3, 0.4) is 0 Å². The number of hydrogen-bond donors (Lipinski definition) is 2. The molecule has 1 saturated heterocycles. The Labute approximate surface area is 241 Å². The van der Waals surface area contributed by atoms with Crippen LogP contribution in [0.15, 0.2) is 72.8 Å². The summed E-state index contributed by atoms with van der Waals surface area (Å²) < 4.78 is 18.0. The zero-order valence-corrected chi connectivity index (χ0v) is 23.1. The van der Waals surface area contributed by atoms with Crippen LogP contribution in [0.5, 0.6) is 11.5 Å². The Bertz CT molecular complexity index is 1740. The Morgan fingerprint density at radius 2 is 1.81 bits per heavy atom. The molecule has 1 fully saturated rings. The van der Waals surface area contributed by atoms with Crippen molar-refractivity contribution in [2.45, 2.75) is 12.6 Å². The lowest BCUT2D eigenvalue weighted by molar-refractivity contribution is -0.121. The highest BCUT2D eigenvalue weighted by Gasteiger charge is 2.30. The molecule has 1 aliphatic heterocycles. The lowest BCUT2D eigenvalue weighted by atomic mass is 10.2. The van der Waals surface area contributed by atoms with Crippen molar-refractivity contribution in [3.8, 4) is 22.9 Å². The van der Waals surface area contributed by atoms with Gasteiger partial charge in [0, 0.05) is 18.7 Å². The first kappa shape index (κ1) is 26.8. The average Bonchev–Trinajstić information content (AvgIpc) is 3.40. The normalized spacial score (nSPS) is 15.2. The van der Waals surface area contributed by atoms with Gasteiger partial charge in [-0.05, 0) is 42.0 Å². The van der Waals surface area contributed by atoms with Gasteiger partial charge in [-0.1, -0.05) is 36.4 Å². The molecule has 3 aromatic carbocycles. The summed E-state index contributed by atoms with van der Waals surface area (Å²) in [5.41, 5.74) is 2.75. The molecule has 0 radical (unpaired) electrons. The summed E-state index contributed by atoms with van der Waals surface area (Å²) in [5, 5.41) is 11.5. The largest absolute Gasteiger partial charge is 0.497 e. The van der Waals surface area contributed by atoms with Crippen LogP contribution in [0.2, 0.25) is 0 Å². The SMILES string of the molecule is COc1ccc(-c2nc3c4c(OC)cccc4nc(N[C@@H]4CN(C(=O)OCc5ccccc5)CCNC4=O)n3n2)cc1. The molecule has 42 heavy (non-hydrogen) atoms. The molecule has 2 aromatic heterocycles. The molecule has 0 aliphatic carbocycles. The van der Waals surface area contributed by atoms with Crippen LogP contribution in [-0.4, -0.2) is 76.4 Å². The van der Waals surface area contributed by atoms with Gasteiger partial charge in [0.1, 0.15) is 24.1 Å². The highest BCUT2D eigenvalue weighted by atomic mass is 16.6. The zero-order chi connectivity index (χ0) is 29.1. The van der Waals surface area contributed by atoms with E-state index in [1.165, 1.54) is 4.90 Å². The Kier molecular flexibility index (Phi) is 7.41. The van der Waals surface area contributed by atoms with Crippen LogP contribution >= 0.6 is 0 Å². The maximum absolute atomic E-state index is 13.1. The second kappa shape index (κ2) is 11.6. The van der Waals surface area contributed by atoms with Gasteiger partial charge < -0.3 is 29.7 Å². The number of fused-ring (bicyclic) bond motifs is 3. The first-order chi connectivity index (χ1) is 20.5. The Balaban J connectivity index is 1.34. The summed E-state index contributed by atoms with van der Waals surface area (Å²) in [6.45, 7) is 0.802. The van der Waals surface area contributed by atoms with E-state index in [2.05, 4.69) is 10.6 Å². The number of carbonyl (C=O) groups excluding carboxylic acids is 2. The summed E-state index contributed by atoms with van der Waals surface area (Å²) in [4.78, 5) is 37.2. The van der Waals surface area contributed by atoms with Crippen molar-refractivity contribution < 1.29 is 23.8 Å². The molecular formula is C30H29N7O5. The third-order valence-electron chi connectivity index (χ3n) is 7.00. The molecule has 1 aliphatic rings. The van der Waals surface area contributed by atoms with Gasteiger partial charge in [-0.15, -0.1) is 5.10 Å². The fraction of sp³-hybridized carbons (Fsp3) is 0.233. The number of methoxy groups -OCH3 is 2. The van der Waals surface area contributed by atoms with Crippen molar-refractivity contribution in [1.29, 1.82) is 0 Å². The molecule has 3 heterocycles. The zero-order valence-electron chi connectivity index (χ0n) is 23.1. The summed E-state index contributed by atoms with van der Waals surface area (Å²) in [7, 11) is 3.19. The standard InChI is InChI=1S/C30H29N7O5/c1-40-21-13-11-20(12-14-21)26-34-27-25-22(9-6-10-24(25)41-2)32-29(37(27)35-26)33-23-17-36(16-15-31-28(23)38)30(39)42-18-19-7-4-3-5-8-19/h3-14,23H,15-18H2,1-2H3,(H,31,38)(H,32,33)/t23-/m1/s1. The van der Waals surface area contributed by atoms with E-state index in [-0.39, 0.29) is 25.0 Å². The minimum absolute atomic E-state index is 0.0683. The molecule has 214 valence electrons. The fourth-order valence-electron chi connectivity index (χ4n) is 4.82. The average molecular weight is 568 g/mol. The van der Waals surface area contributed by atoms with Gasteiger partial charge in [-0.25, -0.2) is 14.8 Å². The van der Waals surface area contributed by atoms with E-state index in [9.17, 15) is 9.59 Å². The molecule has 0 unspecified atom stereocenters. The lowest BCUT2D eigenvalue weighted by Gasteiger charge is -2.23. The number of aromatic nitrogens is 4. The van der Waals surface area contributed by atoms with Crippen LogP contribution in [0.25, 0.3) is 27.9 Å². The van der Waals surface area contributed by atoms with Crippen molar-refractivity contribution in [1.82, 2.24) is 29.8 Å². The van der Waals surface area contributed by atoms with Crippen LogP contribution in [0.1, 0.15) is 5.56 Å². The smallest absolute Gasteiger partial charge is 0.410 e. The van der Waals surface area contributed by atoms with E-state index in [0.717, 1.165) is 11.1 Å². The van der Waals surface area contributed by atoms with Gasteiger partial charge >= 0.3 is 6.09 Å². The summed E-state index contributed by atoms with van der Waals surface area (Å²) in [5.74, 6) is 1.77. The number of nitrogens with zero attached hydrogens (tertiary/aromatic N) is 5. The van der Waals surface area contributed by atoms with Crippen molar-refractivity contribution in [2.24, 2.45) is 0 Å². The molecule has 0 bridgehead atoms. The number of ether oxygens (including phenoxy) is 3. The number of carbonyl (C=O) groups is 2. The molecule has 0 spiro atoms. The second-order valence-electron chi connectivity index (χ2n) is 9.66. The molecule has 6 rings (SSSR count). The van der Waals surface area contributed by atoms with E-state index < -0.39 is 12.1 Å². The summed E-state index contributed by atoms with van der Waals surface area (Å²) >= 11 is 0. The van der Waals surface area contributed by atoms with Crippen molar-refractivity contribution in [3.63, 3.8) is 0 Å². The molecule has 1 atom stereocenters. The number of benzene rings is 3. The number of anilines is 1. The maximum atomic E-state index is 13.1. The Hall–Kier alpha value is -5.39. The lowest BCUT2D eigenvalue weighted by Crippen LogP contribution is -2.44. The first-order valence-electron chi connectivity index (χ1n) is 13.4. The second-order valence-corrected chi connectivity index (χ2v) is 9.66. The van der Waals surface area contributed by atoms with Crippen molar-refractivity contribution in [3.05, 3.63) is 78.4 Å². The van der Waals surface area contributed by atoms with Crippen LogP contribution in [0.4, 0.5) is 10.7 Å². The molecule has 2 N–H and O–H groups in total. The Morgan fingerprint density at radius 1 is 1.00 bits per heavy atom. The quantitative estimate of drug-likeness (QED) is 0.303. The summed E-state index contributed by atoms with van der Waals surface area (Å²) in [6, 6.07) is 21.5.